The maximum atomic E-state index is 13.7. The van der Waals surface area contributed by atoms with Crippen LogP contribution in [0.2, 0.25) is 5.02 Å². The summed E-state index contributed by atoms with van der Waals surface area (Å²) in [5, 5.41) is 23.8. The number of anilines is 2. The van der Waals surface area contributed by atoms with E-state index in [1.807, 2.05) is 49.4 Å². The molecule has 1 aliphatic heterocycles. The summed E-state index contributed by atoms with van der Waals surface area (Å²) < 4.78 is 1.74. The molecule has 0 saturated carbocycles. The highest BCUT2D eigenvalue weighted by Gasteiger charge is 2.32. The van der Waals surface area contributed by atoms with Crippen molar-refractivity contribution in [1.82, 2.24) is 20.1 Å². The number of carbonyl (C=O) groups excluding carboxylic acids is 2. The molecule has 9 nitrogen and oxygen atoms in total. The molecular formula is C33H37ClN6O3. The summed E-state index contributed by atoms with van der Waals surface area (Å²) in [7, 11) is 0. The first-order valence-electron chi connectivity index (χ1n) is 14.4. The molecule has 1 saturated heterocycles. The normalized spacial score (nSPS) is 14.7. The van der Waals surface area contributed by atoms with Crippen molar-refractivity contribution in [1.29, 1.82) is 0 Å². The van der Waals surface area contributed by atoms with Gasteiger partial charge in [-0.1, -0.05) is 62.2 Å². The van der Waals surface area contributed by atoms with Crippen molar-refractivity contribution in [3.05, 3.63) is 94.3 Å². The lowest BCUT2D eigenvalue weighted by Gasteiger charge is -2.30. The third-order valence-electron chi connectivity index (χ3n) is 7.77. The van der Waals surface area contributed by atoms with Gasteiger partial charge in [-0.25, -0.2) is 14.5 Å². The standard InChI is InChI=1S/C33H37ClN6O3/c1-20-5-11-25(12-6-20)40-28(18-27(39-40)33(2,3)4)38-32(43)37-24-9-7-21(8-10-24)29(22-13-15-35-16-14-22)30(41)23-17-26(34)31(42)36-19-23/h5-12,17-19,22,29,35H,13-16H2,1-4H3,(H,36,42)(H2,37,38,43). The Morgan fingerprint density at radius 3 is 2.33 bits per heavy atom. The molecule has 1 unspecified atom stereocenters. The number of amides is 2. The smallest absolute Gasteiger partial charge is 0.324 e. The van der Waals surface area contributed by atoms with Crippen molar-refractivity contribution in [2.75, 3.05) is 23.7 Å². The molecule has 0 bridgehead atoms. The summed E-state index contributed by atoms with van der Waals surface area (Å²) in [4.78, 5) is 30.7. The Kier molecular flexibility index (Phi) is 8.84. The van der Waals surface area contributed by atoms with Crippen LogP contribution in [0.4, 0.5) is 16.3 Å². The number of hydrogen-bond donors (Lipinski definition) is 4. The molecule has 4 N–H and O–H groups in total. The van der Waals surface area contributed by atoms with E-state index < -0.39 is 11.9 Å². The molecule has 1 atom stereocenters. The second-order valence-corrected chi connectivity index (χ2v) is 12.5. The zero-order chi connectivity index (χ0) is 30.7. The predicted molar refractivity (Wildman–Crippen MR) is 170 cm³/mol. The highest BCUT2D eigenvalue weighted by molar-refractivity contribution is 6.32. The minimum atomic E-state index is -0.410. The summed E-state index contributed by atoms with van der Waals surface area (Å²) in [6.07, 6.45) is 3.07. The molecule has 3 heterocycles. The van der Waals surface area contributed by atoms with E-state index in [9.17, 15) is 14.7 Å². The summed E-state index contributed by atoms with van der Waals surface area (Å²) in [6, 6.07) is 18.3. The third-order valence-corrected chi connectivity index (χ3v) is 8.05. The quantitative estimate of drug-likeness (QED) is 0.172. The van der Waals surface area contributed by atoms with Crippen LogP contribution in [-0.4, -0.2) is 44.8 Å². The summed E-state index contributed by atoms with van der Waals surface area (Å²) in [5.41, 5.74) is 4.42. The minimum absolute atomic E-state index is 0.0406. The van der Waals surface area contributed by atoms with Gasteiger partial charge in [0.15, 0.2) is 5.78 Å². The molecule has 1 fully saturated rings. The number of benzene rings is 2. The molecular weight excluding hydrogens is 564 g/mol. The fourth-order valence-electron chi connectivity index (χ4n) is 5.33. The topological polar surface area (TPSA) is 121 Å². The molecule has 224 valence electrons. The lowest BCUT2D eigenvalue weighted by Crippen LogP contribution is -2.33. The maximum absolute atomic E-state index is 13.7. The molecule has 4 aromatic rings. The van der Waals surface area contributed by atoms with Crippen molar-refractivity contribution >= 4 is 34.9 Å². The van der Waals surface area contributed by atoms with Crippen LogP contribution >= 0.6 is 11.6 Å². The van der Waals surface area contributed by atoms with Gasteiger partial charge in [-0.15, -0.1) is 0 Å². The van der Waals surface area contributed by atoms with Crippen LogP contribution in [0.5, 0.6) is 5.88 Å². The first-order chi connectivity index (χ1) is 20.5. The second kappa shape index (κ2) is 12.6. The molecule has 2 aromatic carbocycles. The Morgan fingerprint density at radius 1 is 1.02 bits per heavy atom. The Balaban J connectivity index is 1.35. The number of aromatic nitrogens is 3. The molecule has 43 heavy (non-hydrogen) atoms. The fourth-order valence-corrected chi connectivity index (χ4v) is 5.50. The zero-order valence-corrected chi connectivity index (χ0v) is 25.6. The monoisotopic (exact) mass is 600 g/mol. The van der Waals surface area contributed by atoms with Crippen molar-refractivity contribution < 1.29 is 14.7 Å². The SMILES string of the molecule is Cc1ccc(-n2nc(C(C)(C)C)cc2NC(=O)Nc2ccc(C(C(=O)c3cnc(O)c(Cl)c3)C3CCNCC3)cc2)cc1. The van der Waals surface area contributed by atoms with Crippen molar-refractivity contribution in [3.63, 3.8) is 0 Å². The highest BCUT2D eigenvalue weighted by Crippen LogP contribution is 2.36. The number of urea groups is 1. The van der Waals surface area contributed by atoms with E-state index in [1.165, 1.54) is 12.3 Å². The van der Waals surface area contributed by atoms with Gasteiger partial charge in [-0.3, -0.25) is 10.1 Å². The van der Waals surface area contributed by atoms with Gasteiger partial charge in [-0.05, 0) is 74.7 Å². The number of aryl methyl sites for hydroxylation is 1. The van der Waals surface area contributed by atoms with Gasteiger partial charge < -0.3 is 15.7 Å². The number of piperidine rings is 1. The molecule has 10 heteroatoms. The van der Waals surface area contributed by atoms with Gasteiger partial charge in [0.1, 0.15) is 10.8 Å². The van der Waals surface area contributed by atoms with Crippen LogP contribution in [0.1, 0.15) is 66.7 Å². The molecule has 1 aliphatic rings. The maximum Gasteiger partial charge on any atom is 0.324 e. The molecule has 0 radical (unpaired) electrons. The molecule has 0 spiro atoms. The summed E-state index contributed by atoms with van der Waals surface area (Å²) >= 11 is 6.07. The molecule has 5 rings (SSSR count). The summed E-state index contributed by atoms with van der Waals surface area (Å²) in [6.45, 7) is 9.92. The van der Waals surface area contributed by atoms with Gasteiger partial charge in [-0.2, -0.15) is 5.10 Å². The van der Waals surface area contributed by atoms with E-state index in [1.54, 1.807) is 16.8 Å². The van der Waals surface area contributed by atoms with E-state index in [0.29, 0.717) is 17.1 Å². The van der Waals surface area contributed by atoms with Crippen LogP contribution in [0.15, 0.2) is 66.9 Å². The van der Waals surface area contributed by atoms with Gasteiger partial charge in [0.2, 0.25) is 5.88 Å². The van der Waals surface area contributed by atoms with Crippen LogP contribution in [-0.2, 0) is 5.41 Å². The Hall–Kier alpha value is -4.21. The molecule has 2 amide bonds. The van der Waals surface area contributed by atoms with E-state index in [4.69, 9.17) is 16.7 Å². The first kappa shape index (κ1) is 30.3. The Bertz CT molecular complexity index is 1600. The predicted octanol–water partition coefficient (Wildman–Crippen LogP) is 6.84. The Morgan fingerprint density at radius 2 is 1.70 bits per heavy atom. The third kappa shape index (κ3) is 7.06. The van der Waals surface area contributed by atoms with Crippen molar-refractivity contribution in [2.45, 2.75) is 51.9 Å². The zero-order valence-electron chi connectivity index (χ0n) is 24.8. The Labute approximate surface area is 256 Å². The number of rotatable bonds is 7. The number of nitrogens with one attached hydrogen (secondary N) is 3. The average molecular weight is 601 g/mol. The fraction of sp³-hybridized carbons (Fsp3) is 0.333. The van der Waals surface area contributed by atoms with Crippen molar-refractivity contribution in [3.8, 4) is 11.6 Å². The van der Waals surface area contributed by atoms with Gasteiger partial charge in [0, 0.05) is 28.9 Å². The molecule has 2 aromatic heterocycles. The number of halogens is 1. The van der Waals surface area contributed by atoms with Crippen LogP contribution < -0.4 is 16.0 Å². The number of ketones is 1. The minimum Gasteiger partial charge on any atom is -0.492 e. The summed E-state index contributed by atoms with van der Waals surface area (Å²) in [5.74, 6) is -0.129. The van der Waals surface area contributed by atoms with Crippen LogP contribution in [0.25, 0.3) is 5.69 Å². The number of aromatic hydroxyl groups is 1. The van der Waals surface area contributed by atoms with Crippen LogP contribution in [0, 0.1) is 12.8 Å². The van der Waals surface area contributed by atoms with Crippen molar-refractivity contribution in [2.24, 2.45) is 5.92 Å². The van der Waals surface area contributed by atoms with Gasteiger partial charge in [0.05, 0.1) is 17.3 Å². The van der Waals surface area contributed by atoms with E-state index in [-0.39, 0.29) is 28.0 Å². The lowest BCUT2D eigenvalue weighted by atomic mass is 9.76. The van der Waals surface area contributed by atoms with E-state index in [0.717, 1.165) is 48.4 Å². The van der Waals surface area contributed by atoms with E-state index >= 15 is 0 Å². The lowest BCUT2D eigenvalue weighted by molar-refractivity contribution is 0.0915. The number of pyridine rings is 1. The number of hydrogen-bond acceptors (Lipinski definition) is 6. The first-order valence-corrected chi connectivity index (χ1v) is 14.8. The number of nitrogens with zero attached hydrogens (tertiary/aromatic N) is 3. The second-order valence-electron chi connectivity index (χ2n) is 12.1. The number of carbonyl (C=O) groups is 2. The average Bonchev–Trinajstić information content (AvgIpc) is 3.40. The van der Waals surface area contributed by atoms with Crippen LogP contribution in [0.3, 0.4) is 0 Å². The largest absolute Gasteiger partial charge is 0.492 e. The van der Waals surface area contributed by atoms with Gasteiger partial charge >= 0.3 is 6.03 Å². The molecule has 0 aliphatic carbocycles. The van der Waals surface area contributed by atoms with E-state index in [2.05, 4.69) is 41.7 Å². The highest BCUT2D eigenvalue weighted by atomic mass is 35.5. The number of Topliss-reactive ketones (excluding diaryl/α,β-unsaturated/α-hetero) is 1. The van der Waals surface area contributed by atoms with Gasteiger partial charge in [0.25, 0.3) is 0 Å².